The number of anilines is 6. The lowest BCUT2D eigenvalue weighted by atomic mass is 9.80. The van der Waals surface area contributed by atoms with Crippen LogP contribution in [0, 0.1) is 0 Å². The van der Waals surface area contributed by atoms with Gasteiger partial charge in [0.15, 0.2) is 0 Å². The molecule has 0 amide bonds. The van der Waals surface area contributed by atoms with Crippen LogP contribution in [0.3, 0.4) is 0 Å². The quantitative estimate of drug-likeness (QED) is 0.165. The van der Waals surface area contributed by atoms with Crippen molar-refractivity contribution in [2.75, 3.05) is 9.80 Å². The smallest absolute Gasteiger partial charge is 0.0544 e. The molecule has 0 aliphatic heterocycles. The van der Waals surface area contributed by atoms with Crippen LogP contribution >= 0.6 is 0 Å². The van der Waals surface area contributed by atoms with Gasteiger partial charge in [-0.25, -0.2) is 0 Å². The Labute approximate surface area is 316 Å². The number of nitrogens with zero attached hydrogens (tertiary/aromatic N) is 3. The second kappa shape index (κ2) is 12.7. The third-order valence-electron chi connectivity index (χ3n) is 11.1. The third kappa shape index (κ3) is 5.04. The zero-order valence-electron chi connectivity index (χ0n) is 30.4. The van der Waals surface area contributed by atoms with Gasteiger partial charge in [-0.1, -0.05) is 117 Å². The summed E-state index contributed by atoms with van der Waals surface area (Å²) < 4.78 is 2.42. The fourth-order valence-corrected chi connectivity index (χ4v) is 8.72. The van der Waals surface area contributed by atoms with Gasteiger partial charge in [-0.3, -0.25) is 0 Å². The minimum Gasteiger partial charge on any atom is -0.311 e. The highest BCUT2D eigenvalue weighted by molar-refractivity contribution is 6.14. The van der Waals surface area contributed by atoms with Gasteiger partial charge in [-0.2, -0.15) is 0 Å². The van der Waals surface area contributed by atoms with Crippen molar-refractivity contribution < 1.29 is 0 Å². The number of aromatic nitrogens is 1. The highest BCUT2D eigenvalue weighted by atomic mass is 15.2. The van der Waals surface area contributed by atoms with Crippen molar-refractivity contribution in [1.82, 2.24) is 4.57 Å². The van der Waals surface area contributed by atoms with E-state index < -0.39 is 0 Å². The van der Waals surface area contributed by atoms with Crippen LogP contribution in [-0.2, 0) is 5.41 Å². The molecular weight excluding hydrogens is 655 g/mol. The van der Waals surface area contributed by atoms with Crippen LogP contribution in [0.15, 0.2) is 200 Å². The van der Waals surface area contributed by atoms with Gasteiger partial charge in [0.05, 0.1) is 11.0 Å². The van der Waals surface area contributed by atoms with Crippen molar-refractivity contribution in [2.24, 2.45) is 0 Å². The molecule has 1 aliphatic carbocycles. The van der Waals surface area contributed by atoms with Crippen molar-refractivity contribution in [2.45, 2.75) is 19.3 Å². The molecule has 9 aromatic rings. The van der Waals surface area contributed by atoms with E-state index in [0.29, 0.717) is 0 Å². The maximum absolute atomic E-state index is 2.43. The Morgan fingerprint density at radius 1 is 0.389 bits per heavy atom. The Bertz CT molecular complexity index is 2730. The van der Waals surface area contributed by atoms with Crippen molar-refractivity contribution in [3.8, 4) is 16.8 Å². The first-order valence-corrected chi connectivity index (χ1v) is 18.7. The first-order chi connectivity index (χ1) is 26.6. The summed E-state index contributed by atoms with van der Waals surface area (Å²) in [5.74, 6) is 0. The fourth-order valence-electron chi connectivity index (χ4n) is 8.72. The zero-order valence-corrected chi connectivity index (χ0v) is 30.4. The van der Waals surface area contributed by atoms with E-state index in [0.717, 1.165) is 34.1 Å². The molecule has 0 radical (unpaired) electrons. The van der Waals surface area contributed by atoms with E-state index in [2.05, 4.69) is 228 Å². The minimum absolute atomic E-state index is 0.232. The van der Waals surface area contributed by atoms with E-state index in [1.165, 1.54) is 49.7 Å². The van der Waals surface area contributed by atoms with E-state index in [1.54, 1.807) is 0 Å². The lowest BCUT2D eigenvalue weighted by Crippen LogP contribution is -2.17. The standard InChI is InChI=1S/C51H39N3/c1-51(2)46-35-42(31-32-43(46)44-33-34-48-49(50(44)51)45-25-15-16-26-47(45)54(48)39-23-13-6-14-24-39)53(38-21-11-5-12-22-38)41-29-27-40(28-30-41)52(36-17-7-3-8-18-36)37-19-9-4-10-20-37/h3-35H,1-2H3. The summed E-state index contributed by atoms with van der Waals surface area (Å²) in [5.41, 5.74) is 15.5. The second-order valence-electron chi connectivity index (χ2n) is 14.6. The normalized spacial score (nSPS) is 12.8. The van der Waals surface area contributed by atoms with Gasteiger partial charge in [0.1, 0.15) is 0 Å². The van der Waals surface area contributed by atoms with Crippen LogP contribution in [0.5, 0.6) is 0 Å². The lowest BCUT2D eigenvalue weighted by molar-refractivity contribution is 0.666. The van der Waals surface area contributed by atoms with Gasteiger partial charge in [-0.15, -0.1) is 0 Å². The Balaban J connectivity index is 1.10. The monoisotopic (exact) mass is 693 g/mol. The summed E-state index contributed by atoms with van der Waals surface area (Å²) in [6.45, 7) is 4.80. The van der Waals surface area contributed by atoms with Crippen molar-refractivity contribution in [3.63, 3.8) is 0 Å². The van der Waals surface area contributed by atoms with Crippen LogP contribution < -0.4 is 9.80 Å². The summed E-state index contributed by atoms with van der Waals surface area (Å²) in [6, 6.07) is 72.2. The molecule has 258 valence electrons. The second-order valence-corrected chi connectivity index (χ2v) is 14.6. The van der Waals surface area contributed by atoms with Gasteiger partial charge in [-0.05, 0) is 119 Å². The molecule has 0 saturated heterocycles. The average molecular weight is 694 g/mol. The van der Waals surface area contributed by atoms with Crippen LogP contribution in [0.2, 0.25) is 0 Å². The van der Waals surface area contributed by atoms with E-state index in [1.807, 2.05) is 0 Å². The molecule has 3 nitrogen and oxygen atoms in total. The van der Waals surface area contributed by atoms with E-state index in [9.17, 15) is 0 Å². The average Bonchev–Trinajstić information content (AvgIpc) is 3.68. The fraction of sp³-hybridized carbons (Fsp3) is 0.0588. The van der Waals surface area contributed by atoms with Gasteiger partial charge in [0, 0.05) is 56.0 Å². The first kappa shape index (κ1) is 31.9. The first-order valence-electron chi connectivity index (χ1n) is 18.7. The molecule has 0 fully saturated rings. The molecular formula is C51H39N3. The Morgan fingerprint density at radius 3 is 1.41 bits per heavy atom. The Hall–Kier alpha value is -6.84. The highest BCUT2D eigenvalue weighted by Gasteiger charge is 2.39. The maximum Gasteiger partial charge on any atom is 0.0544 e. The van der Waals surface area contributed by atoms with Crippen LogP contribution in [0.4, 0.5) is 34.1 Å². The van der Waals surface area contributed by atoms with Crippen molar-refractivity contribution in [1.29, 1.82) is 0 Å². The molecule has 0 atom stereocenters. The van der Waals surface area contributed by atoms with Crippen molar-refractivity contribution >= 4 is 55.9 Å². The number of fused-ring (bicyclic) bond motifs is 7. The molecule has 1 heterocycles. The summed E-state index contributed by atoms with van der Waals surface area (Å²) in [7, 11) is 0. The molecule has 1 aliphatic rings. The van der Waals surface area contributed by atoms with Gasteiger partial charge in [0.2, 0.25) is 0 Å². The van der Waals surface area contributed by atoms with Crippen molar-refractivity contribution in [3.05, 3.63) is 211 Å². The number of rotatable bonds is 7. The molecule has 0 N–H and O–H groups in total. The number of hydrogen-bond acceptors (Lipinski definition) is 2. The summed E-state index contributed by atoms with van der Waals surface area (Å²) in [5, 5.41) is 2.63. The Kier molecular flexibility index (Phi) is 7.48. The topological polar surface area (TPSA) is 11.4 Å². The largest absolute Gasteiger partial charge is 0.311 e. The van der Waals surface area contributed by atoms with Crippen LogP contribution in [0.25, 0.3) is 38.6 Å². The summed E-state index contributed by atoms with van der Waals surface area (Å²) in [6.07, 6.45) is 0. The molecule has 54 heavy (non-hydrogen) atoms. The van der Waals surface area contributed by atoms with Gasteiger partial charge < -0.3 is 14.4 Å². The van der Waals surface area contributed by atoms with E-state index in [4.69, 9.17) is 0 Å². The molecule has 3 heteroatoms. The molecule has 10 rings (SSSR count). The zero-order chi connectivity index (χ0) is 36.2. The van der Waals surface area contributed by atoms with E-state index >= 15 is 0 Å². The highest BCUT2D eigenvalue weighted by Crippen LogP contribution is 2.54. The van der Waals surface area contributed by atoms with Crippen LogP contribution in [0.1, 0.15) is 25.0 Å². The summed E-state index contributed by atoms with van der Waals surface area (Å²) >= 11 is 0. The molecule has 0 spiro atoms. The number of para-hydroxylation sites is 5. The van der Waals surface area contributed by atoms with Gasteiger partial charge in [0.25, 0.3) is 0 Å². The Morgan fingerprint density at radius 2 is 0.833 bits per heavy atom. The molecule has 0 saturated carbocycles. The predicted molar refractivity (Wildman–Crippen MR) is 228 cm³/mol. The maximum atomic E-state index is 2.43. The molecule has 0 bridgehead atoms. The van der Waals surface area contributed by atoms with Crippen LogP contribution in [-0.4, -0.2) is 4.57 Å². The minimum atomic E-state index is -0.232. The summed E-state index contributed by atoms with van der Waals surface area (Å²) in [4.78, 5) is 4.69. The lowest BCUT2D eigenvalue weighted by Gasteiger charge is -2.29. The third-order valence-corrected chi connectivity index (χ3v) is 11.1. The number of benzene rings is 8. The SMILES string of the molecule is CC1(C)c2cc(N(c3ccccc3)c3ccc(N(c4ccccc4)c4ccccc4)cc3)ccc2-c2ccc3c(c21)c1ccccc1n3-c1ccccc1. The number of hydrogen-bond donors (Lipinski definition) is 0. The molecule has 8 aromatic carbocycles. The van der Waals surface area contributed by atoms with Gasteiger partial charge >= 0.3 is 0 Å². The molecule has 1 aromatic heterocycles. The molecule has 0 unspecified atom stereocenters. The predicted octanol–water partition coefficient (Wildman–Crippen LogP) is 14.0. The van der Waals surface area contributed by atoms with E-state index in [-0.39, 0.29) is 5.41 Å².